The number of halogens is 1. The predicted molar refractivity (Wildman–Crippen MR) is 76.1 cm³/mol. The molecule has 0 spiro atoms. The summed E-state index contributed by atoms with van der Waals surface area (Å²) < 4.78 is 13.0. The molecule has 3 nitrogen and oxygen atoms in total. The van der Waals surface area contributed by atoms with Crippen LogP contribution in [-0.2, 0) is 0 Å². The molecule has 110 valence electrons. The van der Waals surface area contributed by atoms with Crippen molar-refractivity contribution >= 4 is 5.91 Å². The molecule has 0 radical (unpaired) electrons. The van der Waals surface area contributed by atoms with Crippen LogP contribution in [0.3, 0.4) is 0 Å². The van der Waals surface area contributed by atoms with Gasteiger partial charge in [0.05, 0.1) is 5.60 Å². The summed E-state index contributed by atoms with van der Waals surface area (Å²) in [6, 6.07) is 4.11. The van der Waals surface area contributed by atoms with E-state index in [4.69, 9.17) is 0 Å². The highest BCUT2D eigenvalue weighted by molar-refractivity contribution is 5.95. The van der Waals surface area contributed by atoms with E-state index in [1.165, 1.54) is 18.2 Å². The van der Waals surface area contributed by atoms with Gasteiger partial charge in [0.1, 0.15) is 5.82 Å². The topological polar surface area (TPSA) is 49.3 Å². The summed E-state index contributed by atoms with van der Waals surface area (Å²) >= 11 is 0. The third kappa shape index (κ3) is 3.79. The number of carbonyl (C=O) groups is 1. The first kappa shape index (κ1) is 15.0. The van der Waals surface area contributed by atoms with Crippen molar-refractivity contribution in [3.8, 4) is 0 Å². The van der Waals surface area contributed by atoms with E-state index in [9.17, 15) is 14.3 Å². The van der Waals surface area contributed by atoms with Gasteiger partial charge in [0.25, 0.3) is 5.91 Å². The predicted octanol–water partition coefficient (Wildman–Crippen LogP) is 2.95. The quantitative estimate of drug-likeness (QED) is 0.836. The highest BCUT2D eigenvalue weighted by Gasteiger charge is 2.28. The monoisotopic (exact) mass is 279 g/mol. The van der Waals surface area contributed by atoms with Crippen LogP contribution < -0.4 is 5.32 Å². The first-order valence-corrected chi connectivity index (χ1v) is 7.27. The van der Waals surface area contributed by atoms with Crippen molar-refractivity contribution < 1.29 is 14.3 Å². The van der Waals surface area contributed by atoms with Crippen molar-refractivity contribution in [3.63, 3.8) is 0 Å². The molecule has 0 aromatic heterocycles. The van der Waals surface area contributed by atoms with Crippen LogP contribution in [0, 0.1) is 12.7 Å². The first-order valence-electron chi connectivity index (χ1n) is 7.27. The lowest BCUT2D eigenvalue weighted by atomic mass is 9.94. The van der Waals surface area contributed by atoms with E-state index in [1.54, 1.807) is 6.92 Å². The lowest BCUT2D eigenvalue weighted by molar-refractivity contribution is 0.0246. The lowest BCUT2D eigenvalue weighted by Gasteiger charge is -2.27. The summed E-state index contributed by atoms with van der Waals surface area (Å²) in [6.45, 7) is 1.97. The molecule has 2 N–H and O–H groups in total. The van der Waals surface area contributed by atoms with Crippen LogP contribution in [0.25, 0.3) is 0 Å². The van der Waals surface area contributed by atoms with Gasteiger partial charge in [-0.3, -0.25) is 4.79 Å². The van der Waals surface area contributed by atoms with Gasteiger partial charge in [0.2, 0.25) is 0 Å². The maximum atomic E-state index is 13.0. The fourth-order valence-corrected chi connectivity index (χ4v) is 2.79. The Morgan fingerprint density at radius 2 is 1.95 bits per heavy atom. The summed E-state index contributed by atoms with van der Waals surface area (Å²) in [4.78, 5) is 12.1. The third-order valence-electron chi connectivity index (χ3n) is 4.05. The zero-order valence-corrected chi connectivity index (χ0v) is 11.9. The maximum absolute atomic E-state index is 13.0. The van der Waals surface area contributed by atoms with Crippen LogP contribution in [0.4, 0.5) is 4.39 Å². The Morgan fingerprint density at radius 3 is 2.55 bits per heavy atom. The molecule has 1 saturated carbocycles. The molecule has 0 heterocycles. The Morgan fingerprint density at radius 1 is 1.30 bits per heavy atom. The molecule has 0 aliphatic heterocycles. The Kier molecular flexibility index (Phi) is 4.76. The minimum Gasteiger partial charge on any atom is -0.388 e. The minimum atomic E-state index is -0.792. The van der Waals surface area contributed by atoms with Gasteiger partial charge in [0.15, 0.2) is 0 Å². The number of aliphatic hydroxyl groups is 1. The van der Waals surface area contributed by atoms with E-state index >= 15 is 0 Å². The Labute approximate surface area is 119 Å². The van der Waals surface area contributed by atoms with Gasteiger partial charge < -0.3 is 10.4 Å². The second-order valence-electron chi connectivity index (χ2n) is 5.78. The number of hydrogen-bond donors (Lipinski definition) is 2. The van der Waals surface area contributed by atoms with Crippen LogP contribution in [-0.4, -0.2) is 23.2 Å². The van der Waals surface area contributed by atoms with Crippen LogP contribution >= 0.6 is 0 Å². The number of rotatable bonds is 3. The van der Waals surface area contributed by atoms with E-state index < -0.39 is 5.60 Å². The molecule has 0 saturated heterocycles. The molecular formula is C16H22FNO2. The standard InChI is InChI=1S/C16H22FNO2/c1-12-10-13(17)6-7-14(12)15(19)18-11-16(20)8-4-2-3-5-9-16/h6-7,10,20H,2-5,8-9,11H2,1H3,(H,18,19). The highest BCUT2D eigenvalue weighted by atomic mass is 19.1. The molecule has 4 heteroatoms. The van der Waals surface area contributed by atoms with E-state index in [1.807, 2.05) is 0 Å². The number of hydrogen-bond acceptors (Lipinski definition) is 2. The van der Waals surface area contributed by atoms with Gasteiger partial charge in [-0.25, -0.2) is 4.39 Å². The van der Waals surface area contributed by atoms with Gasteiger partial charge in [-0.2, -0.15) is 0 Å². The average molecular weight is 279 g/mol. The smallest absolute Gasteiger partial charge is 0.251 e. The van der Waals surface area contributed by atoms with Gasteiger partial charge in [-0.15, -0.1) is 0 Å². The summed E-state index contributed by atoms with van der Waals surface area (Å²) in [7, 11) is 0. The second-order valence-corrected chi connectivity index (χ2v) is 5.78. The molecule has 0 bridgehead atoms. The van der Waals surface area contributed by atoms with E-state index in [0.29, 0.717) is 11.1 Å². The number of benzene rings is 1. The van der Waals surface area contributed by atoms with E-state index in [-0.39, 0.29) is 18.3 Å². The Hall–Kier alpha value is -1.42. The van der Waals surface area contributed by atoms with E-state index in [0.717, 1.165) is 38.5 Å². The fourth-order valence-electron chi connectivity index (χ4n) is 2.79. The van der Waals surface area contributed by atoms with Crippen LogP contribution in [0.1, 0.15) is 54.4 Å². The molecule has 1 aliphatic carbocycles. The molecule has 2 rings (SSSR count). The molecular weight excluding hydrogens is 257 g/mol. The summed E-state index contributed by atoms with van der Waals surface area (Å²) in [5.41, 5.74) is 0.277. The lowest BCUT2D eigenvalue weighted by Crippen LogP contribution is -2.42. The van der Waals surface area contributed by atoms with Crippen molar-refractivity contribution in [1.29, 1.82) is 0 Å². The van der Waals surface area contributed by atoms with Crippen LogP contribution in [0.5, 0.6) is 0 Å². The Bertz CT molecular complexity index is 479. The fraction of sp³-hybridized carbons (Fsp3) is 0.562. The molecule has 1 amide bonds. The first-order chi connectivity index (χ1) is 9.50. The highest BCUT2D eigenvalue weighted by Crippen LogP contribution is 2.26. The van der Waals surface area contributed by atoms with Crippen molar-refractivity contribution in [2.45, 2.75) is 51.0 Å². The molecule has 1 aliphatic rings. The maximum Gasteiger partial charge on any atom is 0.251 e. The van der Waals surface area contributed by atoms with Gasteiger partial charge in [-0.1, -0.05) is 25.7 Å². The van der Waals surface area contributed by atoms with Crippen molar-refractivity contribution in [2.75, 3.05) is 6.54 Å². The third-order valence-corrected chi connectivity index (χ3v) is 4.05. The number of nitrogens with one attached hydrogen (secondary N) is 1. The zero-order chi connectivity index (χ0) is 14.6. The SMILES string of the molecule is Cc1cc(F)ccc1C(=O)NCC1(O)CCCCCC1. The molecule has 0 unspecified atom stereocenters. The average Bonchev–Trinajstić information content (AvgIpc) is 2.61. The van der Waals surface area contributed by atoms with Crippen molar-refractivity contribution in [3.05, 3.63) is 35.1 Å². The van der Waals surface area contributed by atoms with E-state index in [2.05, 4.69) is 5.32 Å². The number of carbonyl (C=O) groups excluding carboxylic acids is 1. The van der Waals surface area contributed by atoms with Gasteiger partial charge in [0, 0.05) is 12.1 Å². The van der Waals surface area contributed by atoms with Crippen molar-refractivity contribution in [1.82, 2.24) is 5.32 Å². The van der Waals surface area contributed by atoms with Crippen LogP contribution in [0.2, 0.25) is 0 Å². The number of amides is 1. The largest absolute Gasteiger partial charge is 0.388 e. The minimum absolute atomic E-state index is 0.250. The zero-order valence-electron chi connectivity index (χ0n) is 11.9. The molecule has 1 aromatic carbocycles. The summed E-state index contributed by atoms with van der Waals surface area (Å²) in [5, 5.41) is 13.3. The molecule has 20 heavy (non-hydrogen) atoms. The van der Waals surface area contributed by atoms with Gasteiger partial charge in [-0.05, 0) is 43.5 Å². The molecule has 0 atom stereocenters. The summed E-state index contributed by atoms with van der Waals surface area (Å²) in [6.07, 6.45) is 5.76. The normalized spacial score (nSPS) is 18.4. The number of aryl methyl sites for hydroxylation is 1. The van der Waals surface area contributed by atoms with Crippen molar-refractivity contribution in [2.24, 2.45) is 0 Å². The second kappa shape index (κ2) is 6.35. The summed E-state index contributed by atoms with van der Waals surface area (Å²) in [5.74, 6) is -0.596. The molecule has 1 fully saturated rings. The Balaban J connectivity index is 1.97. The van der Waals surface area contributed by atoms with Gasteiger partial charge >= 0.3 is 0 Å². The van der Waals surface area contributed by atoms with Crippen LogP contribution in [0.15, 0.2) is 18.2 Å². The molecule has 1 aromatic rings.